The summed E-state index contributed by atoms with van der Waals surface area (Å²) in [5, 5.41) is 1.23. The minimum Gasteiger partial charge on any atom is -0.310 e. The molecule has 3 heterocycles. The Hall–Kier alpha value is -2.11. The third kappa shape index (κ3) is 1.15. The summed E-state index contributed by atoms with van der Waals surface area (Å²) in [5.74, 6) is 6.25. The van der Waals surface area contributed by atoms with Crippen LogP contribution >= 0.6 is 11.3 Å². The molecule has 5 heteroatoms. The third-order valence-corrected chi connectivity index (χ3v) is 4.19. The van der Waals surface area contributed by atoms with Crippen molar-refractivity contribution in [3.63, 3.8) is 0 Å². The van der Waals surface area contributed by atoms with Crippen molar-refractivity contribution in [3.8, 4) is 0 Å². The Morgan fingerprint density at radius 2 is 2.06 bits per heavy atom. The van der Waals surface area contributed by atoms with Gasteiger partial charge in [0.25, 0.3) is 0 Å². The van der Waals surface area contributed by atoms with E-state index in [1.165, 1.54) is 10.1 Å². The van der Waals surface area contributed by atoms with E-state index in [2.05, 4.69) is 33.0 Å². The average Bonchev–Trinajstić information content (AvgIpc) is 3.00. The highest BCUT2D eigenvalue weighted by Crippen LogP contribution is 2.34. The Balaban J connectivity index is 2.34. The van der Waals surface area contributed by atoms with E-state index in [0.29, 0.717) is 5.82 Å². The van der Waals surface area contributed by atoms with Crippen molar-refractivity contribution >= 4 is 43.1 Å². The number of hydrogen-bond acceptors (Lipinski definition) is 4. The fourth-order valence-electron chi connectivity index (χ4n) is 2.36. The van der Waals surface area contributed by atoms with Crippen molar-refractivity contribution in [2.24, 2.45) is 5.84 Å². The molecule has 0 aliphatic rings. The summed E-state index contributed by atoms with van der Waals surface area (Å²) in [6.45, 7) is 0. The molecule has 3 aromatic heterocycles. The van der Waals surface area contributed by atoms with Gasteiger partial charge in [-0.15, -0.1) is 11.3 Å². The van der Waals surface area contributed by atoms with Gasteiger partial charge in [-0.05, 0) is 18.2 Å². The monoisotopic (exact) mass is 254 g/mol. The lowest BCUT2D eigenvalue weighted by molar-refractivity contribution is 1.21. The molecule has 0 atom stereocenters. The highest BCUT2D eigenvalue weighted by molar-refractivity contribution is 7.25. The molecule has 0 aliphatic carbocycles. The van der Waals surface area contributed by atoms with Gasteiger partial charge in [0.1, 0.15) is 4.83 Å². The van der Waals surface area contributed by atoms with Gasteiger partial charge in [0, 0.05) is 16.3 Å². The molecule has 18 heavy (non-hydrogen) atoms. The predicted molar refractivity (Wildman–Crippen MR) is 75.9 cm³/mol. The van der Waals surface area contributed by atoms with Crippen molar-refractivity contribution in [2.45, 2.75) is 0 Å². The van der Waals surface area contributed by atoms with Crippen molar-refractivity contribution < 1.29 is 0 Å². The summed E-state index contributed by atoms with van der Waals surface area (Å²) < 4.78 is 3.38. The first-order valence-corrected chi connectivity index (χ1v) is 6.45. The van der Waals surface area contributed by atoms with Crippen LogP contribution in [0.5, 0.6) is 0 Å². The van der Waals surface area contributed by atoms with Gasteiger partial charge in [-0.3, -0.25) is 0 Å². The zero-order valence-electron chi connectivity index (χ0n) is 9.42. The third-order valence-electron chi connectivity index (χ3n) is 3.13. The lowest BCUT2D eigenvalue weighted by Crippen LogP contribution is -2.09. The molecular formula is C13H10N4S. The van der Waals surface area contributed by atoms with E-state index in [-0.39, 0.29) is 0 Å². The lowest BCUT2D eigenvalue weighted by Gasteiger charge is -2.04. The van der Waals surface area contributed by atoms with Crippen LogP contribution in [0.25, 0.3) is 25.9 Å². The standard InChI is InChI=1S/C13H10N4S/c14-16-12-9-5-3-7-17(9)11-8-4-1-2-6-10(8)18-13(11)15-12/h1-7H,14H2,(H,15,16). The van der Waals surface area contributed by atoms with Gasteiger partial charge < -0.3 is 9.83 Å². The van der Waals surface area contributed by atoms with E-state index in [0.717, 1.165) is 15.9 Å². The summed E-state index contributed by atoms with van der Waals surface area (Å²) in [7, 11) is 0. The molecular weight excluding hydrogens is 244 g/mol. The maximum absolute atomic E-state index is 5.54. The number of thiophene rings is 1. The van der Waals surface area contributed by atoms with Crippen LogP contribution in [0.2, 0.25) is 0 Å². The molecule has 0 saturated carbocycles. The molecule has 0 saturated heterocycles. The maximum Gasteiger partial charge on any atom is 0.166 e. The van der Waals surface area contributed by atoms with Gasteiger partial charge in [-0.1, -0.05) is 18.2 Å². The number of hydrogen-bond donors (Lipinski definition) is 2. The molecule has 0 amide bonds. The number of hydrazine groups is 1. The summed E-state index contributed by atoms with van der Waals surface area (Å²) >= 11 is 1.68. The van der Waals surface area contributed by atoms with Crippen LogP contribution in [0, 0.1) is 0 Å². The van der Waals surface area contributed by atoms with Gasteiger partial charge in [-0.25, -0.2) is 10.8 Å². The predicted octanol–water partition coefficient (Wildman–Crippen LogP) is 2.99. The van der Waals surface area contributed by atoms with Gasteiger partial charge >= 0.3 is 0 Å². The molecule has 0 unspecified atom stereocenters. The van der Waals surface area contributed by atoms with E-state index in [1.54, 1.807) is 11.3 Å². The van der Waals surface area contributed by atoms with Crippen LogP contribution in [0.1, 0.15) is 0 Å². The summed E-state index contributed by atoms with van der Waals surface area (Å²) in [5.41, 5.74) is 4.81. The maximum atomic E-state index is 5.54. The Labute approximate surface area is 107 Å². The zero-order valence-corrected chi connectivity index (χ0v) is 10.2. The van der Waals surface area contributed by atoms with E-state index < -0.39 is 0 Å². The molecule has 0 bridgehead atoms. The molecule has 88 valence electrons. The van der Waals surface area contributed by atoms with Gasteiger partial charge in [0.05, 0.1) is 11.0 Å². The number of aromatic nitrogens is 2. The van der Waals surface area contributed by atoms with Crippen LogP contribution < -0.4 is 11.3 Å². The largest absolute Gasteiger partial charge is 0.310 e. The SMILES string of the molecule is NNc1nc2sc3ccccc3c2n2cccc12. The normalized spacial score (nSPS) is 11.6. The molecule has 0 spiro atoms. The molecule has 3 N–H and O–H groups in total. The fraction of sp³-hybridized carbons (Fsp3) is 0. The number of nitrogens with zero attached hydrogens (tertiary/aromatic N) is 2. The van der Waals surface area contributed by atoms with E-state index in [1.807, 2.05) is 24.4 Å². The first-order valence-electron chi connectivity index (χ1n) is 5.63. The van der Waals surface area contributed by atoms with Crippen LogP contribution in [-0.4, -0.2) is 9.38 Å². The number of anilines is 1. The number of benzene rings is 1. The molecule has 0 aliphatic heterocycles. The highest BCUT2D eigenvalue weighted by atomic mass is 32.1. The van der Waals surface area contributed by atoms with Crippen molar-refractivity contribution in [2.75, 3.05) is 5.43 Å². The molecule has 4 aromatic rings. The molecule has 0 radical (unpaired) electrons. The molecule has 0 fully saturated rings. The fourth-order valence-corrected chi connectivity index (χ4v) is 3.43. The second-order valence-electron chi connectivity index (χ2n) is 4.12. The van der Waals surface area contributed by atoms with Crippen molar-refractivity contribution in [1.29, 1.82) is 0 Å². The van der Waals surface area contributed by atoms with E-state index in [9.17, 15) is 0 Å². The van der Waals surface area contributed by atoms with Crippen LogP contribution in [0.4, 0.5) is 5.82 Å². The second kappa shape index (κ2) is 3.44. The molecule has 4 nitrogen and oxygen atoms in total. The molecule has 4 rings (SSSR count). The van der Waals surface area contributed by atoms with E-state index >= 15 is 0 Å². The smallest absolute Gasteiger partial charge is 0.166 e. The number of rotatable bonds is 1. The Morgan fingerprint density at radius 1 is 1.17 bits per heavy atom. The van der Waals surface area contributed by atoms with Crippen molar-refractivity contribution in [1.82, 2.24) is 9.38 Å². The van der Waals surface area contributed by atoms with Crippen LogP contribution in [0.3, 0.4) is 0 Å². The average molecular weight is 254 g/mol. The zero-order chi connectivity index (χ0) is 12.1. The summed E-state index contributed by atoms with van der Waals surface area (Å²) in [6.07, 6.45) is 2.04. The minimum absolute atomic E-state index is 0.707. The van der Waals surface area contributed by atoms with Crippen LogP contribution in [0.15, 0.2) is 42.6 Å². The summed E-state index contributed by atoms with van der Waals surface area (Å²) in [4.78, 5) is 5.59. The van der Waals surface area contributed by atoms with Gasteiger partial charge in [0.15, 0.2) is 5.82 Å². The second-order valence-corrected chi connectivity index (χ2v) is 5.15. The topological polar surface area (TPSA) is 55.3 Å². The minimum atomic E-state index is 0.707. The van der Waals surface area contributed by atoms with E-state index in [4.69, 9.17) is 5.84 Å². The Bertz CT molecular complexity index is 874. The van der Waals surface area contributed by atoms with Crippen molar-refractivity contribution in [3.05, 3.63) is 42.6 Å². The number of fused-ring (bicyclic) bond motifs is 5. The Kier molecular flexibility index (Phi) is 1.89. The number of nitrogens with two attached hydrogens (primary N) is 1. The highest BCUT2D eigenvalue weighted by Gasteiger charge is 2.12. The summed E-state index contributed by atoms with van der Waals surface area (Å²) in [6, 6.07) is 12.4. The number of nitrogen functional groups attached to an aromatic ring is 1. The molecule has 1 aromatic carbocycles. The van der Waals surface area contributed by atoms with Gasteiger partial charge in [0.2, 0.25) is 0 Å². The Morgan fingerprint density at radius 3 is 2.94 bits per heavy atom. The first kappa shape index (κ1) is 9.87. The lowest BCUT2D eigenvalue weighted by atomic mass is 10.2. The first-order chi connectivity index (χ1) is 8.88. The van der Waals surface area contributed by atoms with Gasteiger partial charge in [-0.2, -0.15) is 0 Å². The number of nitrogens with one attached hydrogen (secondary N) is 1. The quantitative estimate of drug-likeness (QED) is 0.405. The van der Waals surface area contributed by atoms with Crippen LogP contribution in [-0.2, 0) is 0 Å².